The molecule has 0 aliphatic heterocycles. The molecule has 0 aliphatic rings. The monoisotopic (exact) mass is 283 g/mol. The number of benzene rings is 1. The van der Waals surface area contributed by atoms with Crippen LogP contribution in [-0.2, 0) is 10.2 Å². The largest absolute Gasteiger partial charge is 0.495 e. The molecule has 1 aromatic rings. The maximum Gasteiger partial charge on any atom is 0.301 e. The van der Waals surface area contributed by atoms with E-state index >= 15 is 0 Å². The number of rotatable bonds is 4. The Labute approximate surface area is 113 Å². The molecule has 0 saturated heterocycles. The Kier molecular flexibility index (Phi) is 5.18. The second kappa shape index (κ2) is 6.43. The summed E-state index contributed by atoms with van der Waals surface area (Å²) in [6, 6.07) is 4.98. The van der Waals surface area contributed by atoms with Gasteiger partial charge in [0.1, 0.15) is 5.75 Å². The number of ether oxygens (including phenoxy) is 1. The number of hydrogen-bond donors (Lipinski definition) is 2. The van der Waals surface area contributed by atoms with E-state index in [4.69, 9.17) is 10.5 Å². The summed E-state index contributed by atoms with van der Waals surface area (Å²) in [4.78, 5) is 0. The topological polar surface area (TPSA) is 84.7 Å². The Morgan fingerprint density at radius 1 is 1.42 bits per heavy atom. The molecule has 0 aromatic heterocycles. The van der Waals surface area contributed by atoms with Gasteiger partial charge in [0.2, 0.25) is 0 Å². The average molecular weight is 283 g/mol. The van der Waals surface area contributed by atoms with Gasteiger partial charge < -0.3 is 10.5 Å². The standard InChI is InChI=1S/C12H17N3O3S/c1-15(2)19(16,17)14-11-9-10(5-4-8-13)6-7-12(11)18-3/h6-7,9,14H,8,13H2,1-3H3. The summed E-state index contributed by atoms with van der Waals surface area (Å²) in [6.07, 6.45) is 0. The van der Waals surface area contributed by atoms with E-state index in [2.05, 4.69) is 16.6 Å². The van der Waals surface area contributed by atoms with Crippen molar-refractivity contribution < 1.29 is 13.2 Å². The Morgan fingerprint density at radius 3 is 2.63 bits per heavy atom. The smallest absolute Gasteiger partial charge is 0.301 e. The molecule has 19 heavy (non-hydrogen) atoms. The first-order chi connectivity index (χ1) is 8.90. The zero-order valence-corrected chi connectivity index (χ0v) is 11.9. The van der Waals surface area contributed by atoms with Crippen LogP contribution in [0.4, 0.5) is 5.69 Å². The van der Waals surface area contributed by atoms with Crippen LogP contribution in [0.15, 0.2) is 18.2 Å². The molecule has 104 valence electrons. The van der Waals surface area contributed by atoms with Crippen LogP contribution in [0.1, 0.15) is 5.56 Å². The van der Waals surface area contributed by atoms with Crippen molar-refractivity contribution >= 4 is 15.9 Å². The van der Waals surface area contributed by atoms with Gasteiger partial charge in [0, 0.05) is 19.7 Å². The van der Waals surface area contributed by atoms with Crippen LogP contribution in [0.3, 0.4) is 0 Å². The zero-order valence-electron chi connectivity index (χ0n) is 11.1. The molecule has 1 aromatic carbocycles. The van der Waals surface area contributed by atoms with Gasteiger partial charge in [0.05, 0.1) is 19.3 Å². The first-order valence-electron chi connectivity index (χ1n) is 5.48. The molecule has 0 atom stereocenters. The highest BCUT2D eigenvalue weighted by atomic mass is 32.2. The lowest BCUT2D eigenvalue weighted by Crippen LogP contribution is -2.29. The van der Waals surface area contributed by atoms with Crippen LogP contribution in [0.25, 0.3) is 0 Å². The molecular weight excluding hydrogens is 266 g/mol. The fourth-order valence-electron chi connectivity index (χ4n) is 1.25. The fourth-order valence-corrected chi connectivity index (χ4v) is 1.87. The van der Waals surface area contributed by atoms with E-state index in [-0.39, 0.29) is 6.54 Å². The fraction of sp³-hybridized carbons (Fsp3) is 0.333. The molecule has 6 nitrogen and oxygen atoms in total. The van der Waals surface area contributed by atoms with Gasteiger partial charge in [0.25, 0.3) is 0 Å². The van der Waals surface area contributed by atoms with E-state index in [1.807, 2.05) is 0 Å². The lowest BCUT2D eigenvalue weighted by atomic mass is 10.2. The third-order valence-corrected chi connectivity index (χ3v) is 3.69. The van der Waals surface area contributed by atoms with Crippen LogP contribution in [0, 0.1) is 11.8 Å². The van der Waals surface area contributed by atoms with Gasteiger partial charge >= 0.3 is 10.2 Å². The van der Waals surface area contributed by atoms with Crippen molar-refractivity contribution in [2.45, 2.75) is 0 Å². The Balaban J connectivity index is 3.17. The van der Waals surface area contributed by atoms with Crippen molar-refractivity contribution in [2.75, 3.05) is 32.5 Å². The highest BCUT2D eigenvalue weighted by Gasteiger charge is 2.15. The summed E-state index contributed by atoms with van der Waals surface area (Å²) in [7, 11) is 0.750. The number of nitrogens with one attached hydrogen (secondary N) is 1. The first kappa shape index (κ1) is 15.3. The maximum atomic E-state index is 11.8. The Morgan fingerprint density at radius 2 is 2.11 bits per heavy atom. The molecule has 0 amide bonds. The normalized spacial score (nSPS) is 10.8. The summed E-state index contributed by atoms with van der Waals surface area (Å²) < 4.78 is 32.2. The van der Waals surface area contributed by atoms with E-state index in [0.29, 0.717) is 17.0 Å². The van der Waals surface area contributed by atoms with E-state index in [1.165, 1.54) is 21.2 Å². The minimum atomic E-state index is -3.59. The van der Waals surface area contributed by atoms with Crippen molar-refractivity contribution in [3.05, 3.63) is 23.8 Å². The minimum Gasteiger partial charge on any atom is -0.495 e. The van der Waals surface area contributed by atoms with Gasteiger partial charge in [-0.25, -0.2) is 0 Å². The summed E-state index contributed by atoms with van der Waals surface area (Å²) in [5.74, 6) is 5.96. The second-order valence-corrected chi connectivity index (χ2v) is 5.70. The van der Waals surface area contributed by atoms with Crippen LogP contribution < -0.4 is 15.2 Å². The van der Waals surface area contributed by atoms with Crippen molar-refractivity contribution in [3.63, 3.8) is 0 Å². The predicted octanol–water partition coefficient (Wildman–Crippen LogP) is 0.224. The van der Waals surface area contributed by atoms with Crippen LogP contribution >= 0.6 is 0 Å². The lowest BCUT2D eigenvalue weighted by Gasteiger charge is -2.15. The first-order valence-corrected chi connectivity index (χ1v) is 6.92. The molecule has 7 heteroatoms. The zero-order chi connectivity index (χ0) is 14.5. The maximum absolute atomic E-state index is 11.8. The predicted molar refractivity (Wildman–Crippen MR) is 75.2 cm³/mol. The second-order valence-electron chi connectivity index (χ2n) is 3.81. The van der Waals surface area contributed by atoms with Gasteiger partial charge in [-0.15, -0.1) is 0 Å². The van der Waals surface area contributed by atoms with Crippen molar-refractivity contribution in [1.29, 1.82) is 0 Å². The number of hydrogen-bond acceptors (Lipinski definition) is 4. The molecular formula is C12H17N3O3S. The van der Waals surface area contributed by atoms with Crippen LogP contribution in [-0.4, -0.2) is 40.5 Å². The molecule has 0 spiro atoms. The molecule has 0 saturated carbocycles. The van der Waals surface area contributed by atoms with Gasteiger partial charge in [-0.3, -0.25) is 4.72 Å². The van der Waals surface area contributed by atoms with Crippen LogP contribution in [0.5, 0.6) is 5.75 Å². The van der Waals surface area contributed by atoms with Gasteiger partial charge in [-0.1, -0.05) is 11.8 Å². The summed E-state index contributed by atoms with van der Waals surface area (Å²) >= 11 is 0. The number of anilines is 1. The van der Waals surface area contributed by atoms with E-state index < -0.39 is 10.2 Å². The molecule has 0 unspecified atom stereocenters. The average Bonchev–Trinajstić information content (AvgIpc) is 2.36. The summed E-state index contributed by atoms with van der Waals surface area (Å²) in [5.41, 5.74) is 6.28. The third kappa shape index (κ3) is 4.13. The number of nitrogens with zero attached hydrogens (tertiary/aromatic N) is 1. The quantitative estimate of drug-likeness (QED) is 0.774. The van der Waals surface area contributed by atoms with E-state index in [1.54, 1.807) is 18.2 Å². The molecule has 0 bridgehead atoms. The SMILES string of the molecule is COc1ccc(C#CCN)cc1NS(=O)(=O)N(C)C. The summed E-state index contributed by atoms with van der Waals surface area (Å²) in [6.45, 7) is 0.241. The van der Waals surface area contributed by atoms with Crippen molar-refractivity contribution in [2.24, 2.45) is 5.73 Å². The highest BCUT2D eigenvalue weighted by molar-refractivity contribution is 7.90. The highest BCUT2D eigenvalue weighted by Crippen LogP contribution is 2.26. The lowest BCUT2D eigenvalue weighted by molar-refractivity contribution is 0.416. The molecule has 1 rings (SSSR count). The molecule has 0 radical (unpaired) electrons. The van der Waals surface area contributed by atoms with Gasteiger partial charge in [-0.05, 0) is 18.2 Å². The Bertz CT molecular complexity index is 600. The molecule has 0 fully saturated rings. The molecule has 0 heterocycles. The molecule has 0 aliphatic carbocycles. The number of nitrogens with two attached hydrogens (primary N) is 1. The van der Waals surface area contributed by atoms with Gasteiger partial charge in [-0.2, -0.15) is 12.7 Å². The van der Waals surface area contributed by atoms with Crippen LogP contribution in [0.2, 0.25) is 0 Å². The third-order valence-electron chi connectivity index (χ3n) is 2.25. The Hall–Kier alpha value is -1.75. The number of methoxy groups -OCH3 is 1. The van der Waals surface area contributed by atoms with Crippen molar-refractivity contribution in [3.8, 4) is 17.6 Å². The van der Waals surface area contributed by atoms with Gasteiger partial charge in [0.15, 0.2) is 0 Å². The molecule has 3 N–H and O–H groups in total. The van der Waals surface area contributed by atoms with E-state index in [9.17, 15) is 8.42 Å². The van der Waals surface area contributed by atoms with E-state index in [0.717, 1.165) is 4.31 Å². The van der Waals surface area contributed by atoms with Crippen molar-refractivity contribution in [1.82, 2.24) is 4.31 Å². The summed E-state index contributed by atoms with van der Waals surface area (Å²) in [5, 5.41) is 0. The minimum absolute atomic E-state index is 0.241.